The Kier molecular flexibility index (Phi) is 4.43. The zero-order valence-electron chi connectivity index (χ0n) is 9.99. The molecule has 92 valence electrons. The Morgan fingerprint density at radius 1 is 1.18 bits per heavy atom. The summed E-state index contributed by atoms with van der Waals surface area (Å²) in [6, 6.07) is 7.75. The molecular formula is C14H18ClNO. The average Bonchev–Trinajstić information content (AvgIpc) is 2.38. The first-order chi connectivity index (χ1) is 8.27. The number of rotatable bonds is 3. The van der Waals surface area contributed by atoms with Crippen molar-refractivity contribution in [3.8, 4) is 0 Å². The molecule has 1 heterocycles. The first kappa shape index (κ1) is 12.4. The van der Waals surface area contributed by atoms with Gasteiger partial charge in [0.1, 0.15) is 0 Å². The maximum atomic E-state index is 12.0. The van der Waals surface area contributed by atoms with Gasteiger partial charge in [-0.1, -0.05) is 29.8 Å². The number of piperidine rings is 1. The van der Waals surface area contributed by atoms with Gasteiger partial charge in [-0.05, 0) is 37.3 Å². The van der Waals surface area contributed by atoms with Gasteiger partial charge in [0.2, 0.25) is 5.91 Å². The van der Waals surface area contributed by atoms with Crippen LogP contribution < -0.4 is 0 Å². The molecule has 1 aliphatic rings. The molecule has 3 heteroatoms. The molecule has 1 aromatic carbocycles. The molecule has 17 heavy (non-hydrogen) atoms. The molecule has 0 spiro atoms. The fourth-order valence-electron chi connectivity index (χ4n) is 2.24. The van der Waals surface area contributed by atoms with Crippen LogP contribution in [0.5, 0.6) is 0 Å². The van der Waals surface area contributed by atoms with Crippen molar-refractivity contribution in [1.82, 2.24) is 4.90 Å². The first-order valence-corrected chi connectivity index (χ1v) is 6.66. The number of carbonyl (C=O) groups is 1. The summed E-state index contributed by atoms with van der Waals surface area (Å²) >= 11 is 6.07. The summed E-state index contributed by atoms with van der Waals surface area (Å²) in [4.78, 5) is 14.0. The third-order valence-electron chi connectivity index (χ3n) is 3.27. The van der Waals surface area contributed by atoms with Crippen LogP contribution in [-0.2, 0) is 11.2 Å². The lowest BCUT2D eigenvalue weighted by Gasteiger charge is -2.26. The van der Waals surface area contributed by atoms with Crippen molar-refractivity contribution in [2.75, 3.05) is 13.1 Å². The van der Waals surface area contributed by atoms with E-state index in [1.54, 1.807) is 0 Å². The van der Waals surface area contributed by atoms with Gasteiger partial charge in [-0.15, -0.1) is 0 Å². The van der Waals surface area contributed by atoms with Gasteiger partial charge in [0.25, 0.3) is 0 Å². The van der Waals surface area contributed by atoms with E-state index in [9.17, 15) is 4.79 Å². The van der Waals surface area contributed by atoms with E-state index in [0.717, 1.165) is 42.9 Å². The lowest BCUT2D eigenvalue weighted by Crippen LogP contribution is -2.35. The van der Waals surface area contributed by atoms with Gasteiger partial charge in [0, 0.05) is 24.5 Å². The van der Waals surface area contributed by atoms with Crippen molar-refractivity contribution in [3.63, 3.8) is 0 Å². The Bertz CT molecular complexity index is 386. The zero-order chi connectivity index (χ0) is 12.1. The number of benzene rings is 1. The topological polar surface area (TPSA) is 20.3 Å². The quantitative estimate of drug-likeness (QED) is 0.807. The van der Waals surface area contributed by atoms with Gasteiger partial charge < -0.3 is 4.90 Å². The standard InChI is InChI=1S/C14H18ClNO/c15-13-7-3-2-6-12(13)8-9-14(17)16-10-4-1-5-11-16/h2-3,6-7H,1,4-5,8-11H2. The third-order valence-corrected chi connectivity index (χ3v) is 3.64. The SMILES string of the molecule is O=C(CCc1ccccc1Cl)N1CCCCC1. The van der Waals surface area contributed by atoms with E-state index in [-0.39, 0.29) is 5.91 Å². The summed E-state index contributed by atoms with van der Waals surface area (Å²) in [6.07, 6.45) is 4.88. The summed E-state index contributed by atoms with van der Waals surface area (Å²) in [7, 11) is 0. The van der Waals surface area contributed by atoms with Crippen molar-refractivity contribution < 1.29 is 4.79 Å². The molecular weight excluding hydrogens is 234 g/mol. The lowest BCUT2D eigenvalue weighted by atomic mass is 10.1. The molecule has 1 amide bonds. The summed E-state index contributed by atoms with van der Waals surface area (Å²) in [5, 5.41) is 0.763. The van der Waals surface area contributed by atoms with Crippen molar-refractivity contribution in [3.05, 3.63) is 34.9 Å². The Balaban J connectivity index is 1.85. The molecule has 0 saturated carbocycles. The van der Waals surface area contributed by atoms with Gasteiger partial charge >= 0.3 is 0 Å². The zero-order valence-corrected chi connectivity index (χ0v) is 10.7. The van der Waals surface area contributed by atoms with E-state index in [4.69, 9.17) is 11.6 Å². The number of nitrogens with zero attached hydrogens (tertiary/aromatic N) is 1. The maximum absolute atomic E-state index is 12.0. The number of carbonyl (C=O) groups excluding carboxylic acids is 1. The smallest absolute Gasteiger partial charge is 0.222 e. The highest BCUT2D eigenvalue weighted by molar-refractivity contribution is 6.31. The molecule has 2 nitrogen and oxygen atoms in total. The Morgan fingerprint density at radius 3 is 2.59 bits per heavy atom. The number of hydrogen-bond acceptors (Lipinski definition) is 1. The van der Waals surface area contributed by atoms with Crippen LogP contribution in [0.3, 0.4) is 0 Å². The second kappa shape index (κ2) is 6.06. The van der Waals surface area contributed by atoms with Crippen LogP contribution in [-0.4, -0.2) is 23.9 Å². The molecule has 0 N–H and O–H groups in total. The minimum absolute atomic E-state index is 0.268. The molecule has 0 aliphatic carbocycles. The third kappa shape index (κ3) is 3.47. The van der Waals surface area contributed by atoms with Crippen LogP contribution in [0, 0.1) is 0 Å². The minimum atomic E-state index is 0.268. The number of hydrogen-bond donors (Lipinski definition) is 0. The second-order valence-corrected chi connectivity index (χ2v) is 4.94. The van der Waals surface area contributed by atoms with E-state index >= 15 is 0 Å². The second-order valence-electron chi connectivity index (χ2n) is 4.53. The van der Waals surface area contributed by atoms with E-state index in [2.05, 4.69) is 0 Å². The van der Waals surface area contributed by atoms with Crippen molar-refractivity contribution in [2.45, 2.75) is 32.1 Å². The van der Waals surface area contributed by atoms with E-state index in [1.165, 1.54) is 6.42 Å². The Morgan fingerprint density at radius 2 is 1.88 bits per heavy atom. The van der Waals surface area contributed by atoms with Crippen LogP contribution in [0.15, 0.2) is 24.3 Å². The number of amides is 1. The van der Waals surface area contributed by atoms with Crippen molar-refractivity contribution in [2.24, 2.45) is 0 Å². The molecule has 1 fully saturated rings. The molecule has 1 aromatic rings. The Labute approximate surface area is 108 Å². The summed E-state index contributed by atoms with van der Waals surface area (Å²) < 4.78 is 0. The van der Waals surface area contributed by atoms with Gasteiger partial charge in [-0.3, -0.25) is 4.79 Å². The molecule has 1 aliphatic heterocycles. The first-order valence-electron chi connectivity index (χ1n) is 6.28. The van der Waals surface area contributed by atoms with Crippen LogP contribution in [0.1, 0.15) is 31.2 Å². The van der Waals surface area contributed by atoms with E-state index < -0.39 is 0 Å². The van der Waals surface area contributed by atoms with Gasteiger partial charge in [0.05, 0.1) is 0 Å². The van der Waals surface area contributed by atoms with E-state index in [1.807, 2.05) is 29.2 Å². The highest BCUT2D eigenvalue weighted by Crippen LogP contribution is 2.17. The largest absolute Gasteiger partial charge is 0.343 e. The summed E-state index contributed by atoms with van der Waals surface area (Å²) in [5.41, 5.74) is 1.07. The number of halogens is 1. The normalized spacial score (nSPS) is 15.9. The van der Waals surface area contributed by atoms with Gasteiger partial charge in [0.15, 0.2) is 0 Å². The molecule has 0 radical (unpaired) electrons. The molecule has 0 atom stereocenters. The Hall–Kier alpha value is -1.02. The molecule has 0 unspecified atom stereocenters. The van der Waals surface area contributed by atoms with Gasteiger partial charge in [-0.2, -0.15) is 0 Å². The monoisotopic (exact) mass is 251 g/mol. The molecule has 2 rings (SSSR count). The van der Waals surface area contributed by atoms with Crippen molar-refractivity contribution in [1.29, 1.82) is 0 Å². The molecule has 0 bridgehead atoms. The average molecular weight is 252 g/mol. The minimum Gasteiger partial charge on any atom is -0.343 e. The fraction of sp³-hybridized carbons (Fsp3) is 0.500. The van der Waals surface area contributed by atoms with Crippen molar-refractivity contribution >= 4 is 17.5 Å². The van der Waals surface area contributed by atoms with Gasteiger partial charge in [-0.25, -0.2) is 0 Å². The highest BCUT2D eigenvalue weighted by Gasteiger charge is 2.16. The highest BCUT2D eigenvalue weighted by atomic mass is 35.5. The lowest BCUT2D eigenvalue weighted by molar-refractivity contribution is -0.132. The maximum Gasteiger partial charge on any atom is 0.222 e. The molecule has 0 aromatic heterocycles. The van der Waals surface area contributed by atoms with Crippen LogP contribution >= 0.6 is 11.6 Å². The predicted molar refractivity (Wildman–Crippen MR) is 70.2 cm³/mol. The van der Waals surface area contributed by atoms with E-state index in [0.29, 0.717) is 6.42 Å². The number of likely N-dealkylation sites (tertiary alicyclic amines) is 1. The van der Waals surface area contributed by atoms with Crippen LogP contribution in [0.25, 0.3) is 0 Å². The predicted octanol–water partition coefficient (Wildman–Crippen LogP) is 3.29. The summed E-state index contributed by atoms with van der Waals surface area (Å²) in [5.74, 6) is 0.268. The van der Waals surface area contributed by atoms with Crippen LogP contribution in [0.2, 0.25) is 5.02 Å². The summed E-state index contributed by atoms with van der Waals surface area (Å²) in [6.45, 7) is 1.86. The number of aryl methyl sites for hydroxylation is 1. The molecule has 1 saturated heterocycles. The fourth-order valence-corrected chi connectivity index (χ4v) is 2.47. The van der Waals surface area contributed by atoms with Crippen LogP contribution in [0.4, 0.5) is 0 Å².